The van der Waals surface area contributed by atoms with Crippen LogP contribution in [0.25, 0.3) is 0 Å². The zero-order valence-corrected chi connectivity index (χ0v) is 13.7. The van der Waals surface area contributed by atoms with Crippen LogP contribution in [0.5, 0.6) is 0 Å². The Bertz CT molecular complexity index is 466. The van der Waals surface area contributed by atoms with E-state index in [1.165, 1.54) is 42.4 Å². The number of nitrogens with two attached hydrogens (primary N) is 1. The Labute approximate surface area is 124 Å². The molecule has 112 valence electrons. The standard InChI is InChI=1S/C18H30N2/c1-13-8-7-11-18(12-13,20(4)5)17(19)16-10-6-9-14(2)15(16)3/h6,9-10,13,17H,7-8,11-12,19H2,1-5H3. The number of benzene rings is 1. The van der Waals surface area contributed by atoms with Gasteiger partial charge in [0, 0.05) is 11.6 Å². The summed E-state index contributed by atoms with van der Waals surface area (Å²) in [5, 5.41) is 0. The Hall–Kier alpha value is -0.860. The van der Waals surface area contributed by atoms with Crippen LogP contribution in [0, 0.1) is 19.8 Å². The van der Waals surface area contributed by atoms with E-state index in [1.54, 1.807) is 0 Å². The highest BCUT2D eigenvalue weighted by Gasteiger charge is 2.43. The van der Waals surface area contributed by atoms with E-state index in [-0.39, 0.29) is 11.6 Å². The molecule has 1 fully saturated rings. The normalized spacial score (nSPS) is 28.6. The van der Waals surface area contributed by atoms with Crippen molar-refractivity contribution >= 4 is 0 Å². The van der Waals surface area contributed by atoms with Gasteiger partial charge in [0.05, 0.1) is 0 Å². The fraction of sp³-hybridized carbons (Fsp3) is 0.667. The maximum absolute atomic E-state index is 6.80. The first kappa shape index (κ1) is 15.5. The lowest BCUT2D eigenvalue weighted by Crippen LogP contribution is -2.55. The van der Waals surface area contributed by atoms with Crippen LogP contribution in [0.15, 0.2) is 18.2 Å². The Morgan fingerprint density at radius 2 is 2.00 bits per heavy atom. The van der Waals surface area contributed by atoms with Gasteiger partial charge in [0.25, 0.3) is 0 Å². The maximum Gasteiger partial charge on any atom is 0.0484 e. The van der Waals surface area contributed by atoms with Gasteiger partial charge in [0.1, 0.15) is 0 Å². The topological polar surface area (TPSA) is 29.3 Å². The SMILES string of the molecule is Cc1cccc(C(N)C2(N(C)C)CCCC(C)C2)c1C. The molecule has 0 aromatic heterocycles. The van der Waals surface area contributed by atoms with Gasteiger partial charge in [0.15, 0.2) is 0 Å². The molecule has 2 rings (SSSR count). The lowest BCUT2D eigenvalue weighted by atomic mass is 9.69. The number of rotatable bonds is 3. The smallest absolute Gasteiger partial charge is 0.0484 e. The van der Waals surface area contributed by atoms with Crippen molar-refractivity contribution in [1.82, 2.24) is 4.90 Å². The lowest BCUT2D eigenvalue weighted by Gasteiger charge is -2.49. The Kier molecular flexibility index (Phi) is 4.55. The van der Waals surface area contributed by atoms with Crippen LogP contribution in [0.4, 0.5) is 0 Å². The lowest BCUT2D eigenvalue weighted by molar-refractivity contribution is 0.0497. The molecule has 3 atom stereocenters. The first-order chi connectivity index (χ1) is 9.38. The largest absolute Gasteiger partial charge is 0.322 e. The molecular weight excluding hydrogens is 244 g/mol. The molecule has 1 aliphatic carbocycles. The first-order valence-corrected chi connectivity index (χ1v) is 7.87. The molecule has 0 saturated heterocycles. The van der Waals surface area contributed by atoms with E-state index in [0.717, 1.165) is 5.92 Å². The third-order valence-corrected chi connectivity index (χ3v) is 5.46. The third kappa shape index (κ3) is 2.64. The molecule has 0 radical (unpaired) electrons. The van der Waals surface area contributed by atoms with Crippen molar-refractivity contribution in [3.63, 3.8) is 0 Å². The molecule has 2 heteroatoms. The van der Waals surface area contributed by atoms with Crippen LogP contribution in [0.2, 0.25) is 0 Å². The molecule has 0 bridgehead atoms. The van der Waals surface area contributed by atoms with Crippen LogP contribution >= 0.6 is 0 Å². The summed E-state index contributed by atoms with van der Waals surface area (Å²) in [7, 11) is 4.39. The maximum atomic E-state index is 6.80. The second kappa shape index (κ2) is 5.87. The van der Waals surface area contributed by atoms with Crippen LogP contribution in [-0.4, -0.2) is 24.5 Å². The Morgan fingerprint density at radius 3 is 2.60 bits per heavy atom. The fourth-order valence-electron chi connectivity index (χ4n) is 3.93. The molecule has 1 aromatic rings. The first-order valence-electron chi connectivity index (χ1n) is 7.87. The second-order valence-electron chi connectivity index (χ2n) is 6.97. The Morgan fingerprint density at radius 1 is 1.30 bits per heavy atom. The average molecular weight is 274 g/mol. The quantitative estimate of drug-likeness (QED) is 0.908. The van der Waals surface area contributed by atoms with Gasteiger partial charge in [-0.25, -0.2) is 0 Å². The van der Waals surface area contributed by atoms with Crippen molar-refractivity contribution in [2.75, 3.05) is 14.1 Å². The molecule has 1 aliphatic rings. The molecule has 0 aliphatic heterocycles. The molecule has 2 N–H and O–H groups in total. The highest BCUT2D eigenvalue weighted by molar-refractivity contribution is 5.37. The second-order valence-corrected chi connectivity index (χ2v) is 6.97. The van der Waals surface area contributed by atoms with E-state index in [9.17, 15) is 0 Å². The summed E-state index contributed by atoms with van der Waals surface area (Å²) < 4.78 is 0. The zero-order chi connectivity index (χ0) is 14.9. The van der Waals surface area contributed by atoms with E-state index in [4.69, 9.17) is 5.73 Å². The summed E-state index contributed by atoms with van der Waals surface area (Å²) in [5.74, 6) is 0.766. The van der Waals surface area contributed by atoms with Gasteiger partial charge in [-0.05, 0) is 63.4 Å². The summed E-state index contributed by atoms with van der Waals surface area (Å²) in [6, 6.07) is 6.64. The molecule has 0 amide bonds. The van der Waals surface area contributed by atoms with Crippen molar-refractivity contribution in [2.24, 2.45) is 11.7 Å². The van der Waals surface area contributed by atoms with Crippen molar-refractivity contribution < 1.29 is 0 Å². The van der Waals surface area contributed by atoms with Crippen LogP contribution < -0.4 is 5.73 Å². The van der Waals surface area contributed by atoms with Crippen molar-refractivity contribution in [3.05, 3.63) is 34.9 Å². The molecule has 2 nitrogen and oxygen atoms in total. The van der Waals surface area contributed by atoms with E-state index in [2.05, 4.69) is 58.0 Å². The summed E-state index contributed by atoms with van der Waals surface area (Å²) in [6.45, 7) is 6.75. The van der Waals surface area contributed by atoms with E-state index in [1.807, 2.05) is 0 Å². The van der Waals surface area contributed by atoms with Gasteiger partial charge in [-0.1, -0.05) is 38.0 Å². The molecule has 20 heavy (non-hydrogen) atoms. The Balaban J connectivity index is 2.41. The summed E-state index contributed by atoms with van der Waals surface area (Å²) >= 11 is 0. The van der Waals surface area contributed by atoms with Gasteiger partial charge in [0.2, 0.25) is 0 Å². The van der Waals surface area contributed by atoms with Crippen molar-refractivity contribution in [3.8, 4) is 0 Å². The van der Waals surface area contributed by atoms with Crippen molar-refractivity contribution in [1.29, 1.82) is 0 Å². The van der Waals surface area contributed by atoms with Crippen LogP contribution in [0.3, 0.4) is 0 Å². The van der Waals surface area contributed by atoms with Crippen molar-refractivity contribution in [2.45, 2.75) is 58.0 Å². The minimum Gasteiger partial charge on any atom is -0.322 e. The number of hydrogen-bond acceptors (Lipinski definition) is 2. The molecule has 3 unspecified atom stereocenters. The van der Waals surface area contributed by atoms with Gasteiger partial charge < -0.3 is 10.6 Å². The highest BCUT2D eigenvalue weighted by Crippen LogP contribution is 2.43. The van der Waals surface area contributed by atoms with Gasteiger partial charge in [-0.2, -0.15) is 0 Å². The van der Waals surface area contributed by atoms with Crippen LogP contribution in [0.1, 0.15) is 55.3 Å². The number of nitrogens with zero attached hydrogens (tertiary/aromatic N) is 1. The van der Waals surface area contributed by atoms with E-state index >= 15 is 0 Å². The monoisotopic (exact) mass is 274 g/mol. The summed E-state index contributed by atoms with van der Waals surface area (Å²) in [5.41, 5.74) is 10.9. The average Bonchev–Trinajstić information content (AvgIpc) is 2.40. The summed E-state index contributed by atoms with van der Waals surface area (Å²) in [4.78, 5) is 2.38. The number of aryl methyl sites for hydroxylation is 1. The minimum absolute atomic E-state index is 0.0974. The predicted octanol–water partition coefficient (Wildman–Crippen LogP) is 3.81. The van der Waals surface area contributed by atoms with Gasteiger partial charge in [-0.3, -0.25) is 0 Å². The molecule has 0 heterocycles. The third-order valence-electron chi connectivity index (χ3n) is 5.46. The van der Waals surface area contributed by atoms with E-state index in [0.29, 0.717) is 0 Å². The fourth-order valence-corrected chi connectivity index (χ4v) is 3.93. The van der Waals surface area contributed by atoms with Crippen LogP contribution in [-0.2, 0) is 0 Å². The number of likely N-dealkylation sites (N-methyl/N-ethyl adjacent to an activating group) is 1. The highest BCUT2D eigenvalue weighted by atomic mass is 15.2. The molecule has 0 spiro atoms. The number of hydrogen-bond donors (Lipinski definition) is 1. The molecule has 1 saturated carbocycles. The molecular formula is C18H30N2. The zero-order valence-electron chi connectivity index (χ0n) is 13.7. The van der Waals surface area contributed by atoms with Gasteiger partial charge >= 0.3 is 0 Å². The summed E-state index contributed by atoms with van der Waals surface area (Å²) in [6.07, 6.45) is 5.04. The minimum atomic E-state index is 0.0974. The van der Waals surface area contributed by atoms with Gasteiger partial charge in [-0.15, -0.1) is 0 Å². The van der Waals surface area contributed by atoms with E-state index < -0.39 is 0 Å². The molecule has 1 aromatic carbocycles. The predicted molar refractivity (Wildman–Crippen MR) is 86.9 cm³/mol.